The van der Waals surface area contributed by atoms with Crippen molar-refractivity contribution in [3.8, 4) is 0 Å². The summed E-state index contributed by atoms with van der Waals surface area (Å²) < 4.78 is 24.9. The molecule has 1 nitrogen and oxygen atoms in total. The van der Waals surface area contributed by atoms with Crippen LogP contribution in [0, 0.1) is 5.82 Å². The summed E-state index contributed by atoms with van der Waals surface area (Å²) in [7, 11) is 0. The lowest BCUT2D eigenvalue weighted by atomic mass is 10.3. The van der Waals surface area contributed by atoms with E-state index in [9.17, 15) is 8.78 Å². The van der Waals surface area contributed by atoms with Gasteiger partial charge in [0, 0.05) is 6.54 Å². The van der Waals surface area contributed by atoms with Gasteiger partial charge in [-0.15, -0.1) is 0 Å². The molecule has 1 rings (SSSR count). The molecule has 13 heavy (non-hydrogen) atoms. The molecular formula is C9H10ClF2N. The van der Waals surface area contributed by atoms with Crippen molar-refractivity contribution in [1.82, 2.24) is 0 Å². The highest BCUT2D eigenvalue weighted by Gasteiger charge is 2.04. The summed E-state index contributed by atoms with van der Waals surface area (Å²) in [5, 5.41) is 2.83. The highest BCUT2D eigenvalue weighted by atomic mass is 35.5. The van der Waals surface area contributed by atoms with Crippen molar-refractivity contribution in [3.05, 3.63) is 29.0 Å². The van der Waals surface area contributed by atoms with Gasteiger partial charge in [-0.2, -0.15) is 0 Å². The number of rotatable bonds is 4. The summed E-state index contributed by atoms with van der Waals surface area (Å²) in [6, 6.07) is 4.68. The fourth-order valence-electron chi connectivity index (χ4n) is 0.930. The van der Waals surface area contributed by atoms with Crippen LogP contribution in [-0.4, -0.2) is 13.2 Å². The van der Waals surface area contributed by atoms with Gasteiger partial charge in [0.05, 0.1) is 17.4 Å². The van der Waals surface area contributed by atoms with E-state index < -0.39 is 12.5 Å². The van der Waals surface area contributed by atoms with Gasteiger partial charge in [-0.05, 0) is 18.6 Å². The second-order valence-corrected chi connectivity index (χ2v) is 2.98. The second kappa shape index (κ2) is 5.02. The number of benzene rings is 1. The van der Waals surface area contributed by atoms with Crippen LogP contribution in [0.4, 0.5) is 14.5 Å². The summed E-state index contributed by atoms with van der Waals surface area (Å²) in [5.41, 5.74) is 0.320. The van der Waals surface area contributed by atoms with Crippen molar-refractivity contribution in [2.24, 2.45) is 0 Å². The molecule has 0 atom stereocenters. The Hall–Kier alpha value is -0.830. The molecule has 0 bridgehead atoms. The fourth-order valence-corrected chi connectivity index (χ4v) is 1.10. The van der Waals surface area contributed by atoms with Crippen LogP contribution in [0.5, 0.6) is 0 Å². The van der Waals surface area contributed by atoms with Gasteiger partial charge in [-0.25, -0.2) is 4.39 Å². The van der Waals surface area contributed by atoms with Gasteiger partial charge in [-0.1, -0.05) is 17.7 Å². The minimum atomic E-state index is -0.483. The summed E-state index contributed by atoms with van der Waals surface area (Å²) in [6.07, 6.45) is 0.367. The third-order valence-electron chi connectivity index (χ3n) is 1.58. The lowest BCUT2D eigenvalue weighted by molar-refractivity contribution is 0.480. The molecule has 0 saturated carbocycles. The molecule has 1 aromatic carbocycles. The van der Waals surface area contributed by atoms with Crippen LogP contribution in [-0.2, 0) is 0 Å². The van der Waals surface area contributed by atoms with Gasteiger partial charge in [0.25, 0.3) is 0 Å². The Balaban J connectivity index is 2.61. The third-order valence-corrected chi connectivity index (χ3v) is 1.87. The number of halogens is 3. The minimum absolute atomic E-state index is 0.0743. The lowest BCUT2D eigenvalue weighted by Gasteiger charge is -2.06. The van der Waals surface area contributed by atoms with E-state index in [2.05, 4.69) is 5.32 Å². The first-order valence-corrected chi connectivity index (χ1v) is 4.37. The smallest absolute Gasteiger partial charge is 0.164 e. The highest BCUT2D eigenvalue weighted by molar-refractivity contribution is 6.31. The monoisotopic (exact) mass is 205 g/mol. The van der Waals surface area contributed by atoms with Crippen molar-refractivity contribution >= 4 is 17.3 Å². The van der Waals surface area contributed by atoms with E-state index >= 15 is 0 Å². The molecule has 0 spiro atoms. The summed E-state index contributed by atoms with van der Waals surface area (Å²) in [4.78, 5) is 0. The molecule has 0 saturated heterocycles. The Morgan fingerprint density at radius 2 is 2.15 bits per heavy atom. The van der Waals surface area contributed by atoms with E-state index in [1.807, 2.05) is 0 Å². The van der Waals surface area contributed by atoms with Crippen LogP contribution in [0.1, 0.15) is 6.42 Å². The molecule has 0 aromatic heterocycles. The Morgan fingerprint density at radius 3 is 2.85 bits per heavy atom. The predicted molar refractivity (Wildman–Crippen MR) is 50.5 cm³/mol. The van der Waals surface area contributed by atoms with Gasteiger partial charge in [0.1, 0.15) is 0 Å². The van der Waals surface area contributed by atoms with Crippen molar-refractivity contribution in [1.29, 1.82) is 0 Å². The third kappa shape index (κ3) is 2.84. The van der Waals surface area contributed by atoms with Gasteiger partial charge < -0.3 is 5.32 Å². The number of anilines is 1. The summed E-state index contributed by atoms with van der Waals surface area (Å²) in [6.45, 7) is 0.00292. The molecule has 0 aliphatic carbocycles. The number of hydrogen-bond acceptors (Lipinski definition) is 1. The van der Waals surface area contributed by atoms with Crippen LogP contribution < -0.4 is 5.32 Å². The van der Waals surface area contributed by atoms with Crippen LogP contribution in [0.25, 0.3) is 0 Å². The Kier molecular flexibility index (Phi) is 3.96. The molecule has 0 radical (unpaired) electrons. The zero-order valence-corrected chi connectivity index (χ0v) is 7.74. The molecule has 1 aromatic rings. The van der Waals surface area contributed by atoms with Crippen molar-refractivity contribution in [2.45, 2.75) is 6.42 Å². The van der Waals surface area contributed by atoms with Gasteiger partial charge in [0.15, 0.2) is 5.82 Å². The lowest BCUT2D eigenvalue weighted by Crippen LogP contribution is -2.03. The highest BCUT2D eigenvalue weighted by Crippen LogP contribution is 2.21. The SMILES string of the molecule is FCCCNc1cccc(Cl)c1F. The maximum atomic E-state index is 13.1. The summed E-state index contributed by atoms with van der Waals surface area (Å²) >= 11 is 5.54. The molecule has 1 N–H and O–H groups in total. The normalized spacial score (nSPS) is 10.1. The quantitative estimate of drug-likeness (QED) is 0.744. The second-order valence-electron chi connectivity index (χ2n) is 2.57. The molecule has 0 aliphatic rings. The maximum absolute atomic E-state index is 13.1. The van der Waals surface area contributed by atoms with Gasteiger partial charge >= 0.3 is 0 Å². The minimum Gasteiger partial charge on any atom is -0.383 e. The van der Waals surface area contributed by atoms with E-state index in [0.29, 0.717) is 18.7 Å². The molecule has 0 aliphatic heterocycles. The molecule has 72 valence electrons. The first kappa shape index (κ1) is 10.3. The Morgan fingerprint density at radius 1 is 1.38 bits per heavy atom. The van der Waals surface area contributed by atoms with Gasteiger partial charge in [0.2, 0.25) is 0 Å². The number of hydrogen-bond donors (Lipinski definition) is 1. The molecule has 0 fully saturated rings. The van der Waals surface area contributed by atoms with E-state index in [1.165, 1.54) is 6.07 Å². The topological polar surface area (TPSA) is 12.0 Å². The van der Waals surface area contributed by atoms with E-state index in [4.69, 9.17) is 11.6 Å². The van der Waals surface area contributed by atoms with Crippen LogP contribution in [0.2, 0.25) is 5.02 Å². The predicted octanol–water partition coefficient (Wildman–Crippen LogP) is 3.25. The van der Waals surface area contributed by atoms with Crippen LogP contribution >= 0.6 is 11.6 Å². The first-order chi connectivity index (χ1) is 6.25. The molecule has 0 heterocycles. The number of alkyl halides is 1. The number of nitrogens with one attached hydrogen (secondary N) is 1. The average molecular weight is 206 g/mol. The molecule has 0 unspecified atom stereocenters. The zero-order chi connectivity index (χ0) is 9.68. The molecule has 0 amide bonds. The van der Waals surface area contributed by atoms with E-state index in [1.54, 1.807) is 12.1 Å². The zero-order valence-electron chi connectivity index (χ0n) is 6.99. The van der Waals surface area contributed by atoms with E-state index in [0.717, 1.165) is 0 Å². The van der Waals surface area contributed by atoms with E-state index in [-0.39, 0.29) is 5.02 Å². The van der Waals surface area contributed by atoms with Crippen molar-refractivity contribution in [3.63, 3.8) is 0 Å². The maximum Gasteiger partial charge on any atom is 0.164 e. The van der Waals surface area contributed by atoms with Crippen LogP contribution in [0.15, 0.2) is 18.2 Å². The van der Waals surface area contributed by atoms with Crippen molar-refractivity contribution in [2.75, 3.05) is 18.5 Å². The fraction of sp³-hybridized carbons (Fsp3) is 0.333. The molecular weight excluding hydrogens is 196 g/mol. The summed E-state index contributed by atoms with van der Waals surface area (Å²) in [5.74, 6) is -0.483. The Bertz CT molecular complexity index is 278. The molecule has 4 heteroatoms. The van der Waals surface area contributed by atoms with Crippen molar-refractivity contribution < 1.29 is 8.78 Å². The van der Waals surface area contributed by atoms with Crippen LogP contribution in [0.3, 0.4) is 0 Å². The average Bonchev–Trinajstić information content (AvgIpc) is 2.13. The standard InChI is InChI=1S/C9H10ClF2N/c10-7-3-1-4-8(9(7)12)13-6-2-5-11/h1,3-4,13H,2,5-6H2. The Labute approximate surface area is 80.7 Å². The largest absolute Gasteiger partial charge is 0.383 e. The first-order valence-electron chi connectivity index (χ1n) is 3.99. The van der Waals surface area contributed by atoms with Gasteiger partial charge in [-0.3, -0.25) is 4.39 Å².